The zero-order valence-corrected chi connectivity index (χ0v) is 16.4. The minimum atomic E-state index is 0.218. The molecule has 1 unspecified atom stereocenters. The molecule has 1 aromatic carbocycles. The van der Waals surface area contributed by atoms with Gasteiger partial charge in [-0.15, -0.1) is 0 Å². The van der Waals surface area contributed by atoms with Gasteiger partial charge in [-0.2, -0.15) is 9.61 Å². The van der Waals surface area contributed by atoms with E-state index in [0.717, 1.165) is 53.7 Å². The van der Waals surface area contributed by atoms with Crippen LogP contribution in [0.4, 0.5) is 5.82 Å². The molecule has 3 aromatic rings. The molecule has 0 bridgehead atoms. The summed E-state index contributed by atoms with van der Waals surface area (Å²) in [6.07, 6.45) is 5.04. The van der Waals surface area contributed by atoms with Gasteiger partial charge in [0.05, 0.1) is 5.69 Å². The van der Waals surface area contributed by atoms with E-state index in [-0.39, 0.29) is 6.61 Å². The first-order valence-corrected chi connectivity index (χ1v) is 10.00. The number of piperidine rings is 1. The lowest BCUT2D eigenvalue weighted by Crippen LogP contribution is -2.41. The molecule has 0 saturated carbocycles. The Morgan fingerprint density at radius 1 is 1.19 bits per heavy atom. The zero-order chi connectivity index (χ0) is 18.8. The molecule has 1 fully saturated rings. The lowest BCUT2D eigenvalue weighted by Gasteiger charge is -2.37. The van der Waals surface area contributed by atoms with Crippen LogP contribution in [-0.2, 0) is 6.42 Å². The third kappa shape index (κ3) is 3.94. The van der Waals surface area contributed by atoms with Gasteiger partial charge in [0.15, 0.2) is 5.65 Å². The molecule has 1 aliphatic heterocycles. The number of rotatable bonds is 5. The van der Waals surface area contributed by atoms with E-state index in [4.69, 9.17) is 16.7 Å². The minimum Gasteiger partial charge on any atom is -0.396 e. The van der Waals surface area contributed by atoms with Crippen LogP contribution in [0.2, 0.25) is 5.02 Å². The SMILES string of the molecule is Cc1cc(N2CCCCC2CCO)n2nc(Cc3ccc(Cl)cc3)cc2n1. The van der Waals surface area contributed by atoms with Crippen LogP contribution in [-0.4, -0.2) is 38.9 Å². The number of aryl methyl sites for hydroxylation is 1. The number of halogens is 1. The molecule has 1 N–H and O–H groups in total. The number of aliphatic hydroxyl groups is 1. The third-order valence-electron chi connectivity index (χ3n) is 5.27. The summed E-state index contributed by atoms with van der Waals surface area (Å²) in [5, 5.41) is 15.1. The summed E-state index contributed by atoms with van der Waals surface area (Å²) in [4.78, 5) is 7.09. The second-order valence-corrected chi connectivity index (χ2v) is 7.76. The molecule has 0 amide bonds. The van der Waals surface area contributed by atoms with Gasteiger partial charge in [0.2, 0.25) is 0 Å². The van der Waals surface area contributed by atoms with Gasteiger partial charge in [-0.1, -0.05) is 23.7 Å². The van der Waals surface area contributed by atoms with E-state index in [9.17, 15) is 5.11 Å². The average molecular weight is 385 g/mol. The quantitative estimate of drug-likeness (QED) is 0.721. The summed E-state index contributed by atoms with van der Waals surface area (Å²) < 4.78 is 1.97. The molecule has 1 atom stereocenters. The highest BCUT2D eigenvalue weighted by Crippen LogP contribution is 2.28. The van der Waals surface area contributed by atoms with Crippen LogP contribution in [0.25, 0.3) is 5.65 Å². The first kappa shape index (κ1) is 18.3. The number of aliphatic hydroxyl groups excluding tert-OH is 1. The highest BCUT2D eigenvalue weighted by Gasteiger charge is 2.25. The molecule has 27 heavy (non-hydrogen) atoms. The van der Waals surface area contributed by atoms with Gasteiger partial charge in [0, 0.05) is 48.5 Å². The van der Waals surface area contributed by atoms with Crippen molar-refractivity contribution in [2.45, 2.75) is 45.1 Å². The fourth-order valence-electron chi connectivity index (χ4n) is 3.98. The summed E-state index contributed by atoms with van der Waals surface area (Å²) in [6, 6.07) is 12.4. The molecule has 1 aliphatic rings. The number of anilines is 1. The van der Waals surface area contributed by atoms with Crippen molar-refractivity contribution in [1.82, 2.24) is 14.6 Å². The fraction of sp³-hybridized carbons (Fsp3) is 0.429. The molecule has 0 radical (unpaired) electrons. The number of hydrogen-bond donors (Lipinski definition) is 1. The monoisotopic (exact) mass is 384 g/mol. The van der Waals surface area contributed by atoms with Crippen LogP contribution < -0.4 is 4.90 Å². The summed E-state index contributed by atoms with van der Waals surface area (Å²) in [5.74, 6) is 1.08. The van der Waals surface area contributed by atoms with E-state index in [1.165, 1.54) is 18.4 Å². The maximum Gasteiger partial charge on any atom is 0.157 e. The van der Waals surface area contributed by atoms with Crippen molar-refractivity contribution in [3.8, 4) is 0 Å². The van der Waals surface area contributed by atoms with Crippen LogP contribution in [0.15, 0.2) is 36.4 Å². The second kappa shape index (κ2) is 7.87. The summed E-state index contributed by atoms with van der Waals surface area (Å²) >= 11 is 5.99. The van der Waals surface area contributed by atoms with E-state index < -0.39 is 0 Å². The molecule has 1 saturated heterocycles. The van der Waals surface area contributed by atoms with Gasteiger partial charge in [-0.3, -0.25) is 0 Å². The number of hydrogen-bond acceptors (Lipinski definition) is 4. The summed E-state index contributed by atoms with van der Waals surface area (Å²) in [6.45, 7) is 3.24. The summed E-state index contributed by atoms with van der Waals surface area (Å²) in [5.41, 5.74) is 4.04. The molecular formula is C21H25ClN4O. The number of fused-ring (bicyclic) bond motifs is 1. The van der Waals surface area contributed by atoms with E-state index in [1.54, 1.807) is 0 Å². The Labute approximate surface area is 164 Å². The lowest BCUT2D eigenvalue weighted by molar-refractivity contribution is 0.262. The first-order valence-electron chi connectivity index (χ1n) is 9.62. The Morgan fingerprint density at radius 2 is 2.00 bits per heavy atom. The predicted octanol–water partition coefficient (Wildman–Crippen LogP) is 4.02. The van der Waals surface area contributed by atoms with E-state index >= 15 is 0 Å². The maximum absolute atomic E-state index is 9.47. The van der Waals surface area contributed by atoms with E-state index in [2.05, 4.69) is 22.0 Å². The Bertz CT molecular complexity index is 920. The third-order valence-corrected chi connectivity index (χ3v) is 5.52. The normalized spacial score (nSPS) is 17.6. The predicted molar refractivity (Wildman–Crippen MR) is 109 cm³/mol. The first-order chi connectivity index (χ1) is 13.1. The molecule has 5 nitrogen and oxygen atoms in total. The number of aromatic nitrogens is 3. The highest BCUT2D eigenvalue weighted by atomic mass is 35.5. The molecular weight excluding hydrogens is 360 g/mol. The number of benzene rings is 1. The molecule has 2 aromatic heterocycles. The van der Waals surface area contributed by atoms with Crippen LogP contribution >= 0.6 is 11.6 Å². The van der Waals surface area contributed by atoms with Gasteiger partial charge >= 0.3 is 0 Å². The van der Waals surface area contributed by atoms with Crippen molar-refractivity contribution in [3.63, 3.8) is 0 Å². The van der Waals surface area contributed by atoms with Gasteiger partial charge in [-0.05, 0) is 50.3 Å². The molecule has 0 spiro atoms. The van der Waals surface area contributed by atoms with Crippen molar-refractivity contribution in [2.24, 2.45) is 0 Å². The molecule has 3 heterocycles. The van der Waals surface area contributed by atoms with Crippen molar-refractivity contribution in [1.29, 1.82) is 0 Å². The van der Waals surface area contributed by atoms with E-state index in [1.807, 2.05) is 35.7 Å². The van der Waals surface area contributed by atoms with Crippen LogP contribution in [0, 0.1) is 6.92 Å². The average Bonchev–Trinajstić information content (AvgIpc) is 3.06. The van der Waals surface area contributed by atoms with Gasteiger partial charge in [0.1, 0.15) is 5.82 Å². The molecule has 6 heteroatoms. The second-order valence-electron chi connectivity index (χ2n) is 7.32. The fourth-order valence-corrected chi connectivity index (χ4v) is 4.11. The highest BCUT2D eigenvalue weighted by molar-refractivity contribution is 6.30. The van der Waals surface area contributed by atoms with Gasteiger partial charge < -0.3 is 10.0 Å². The van der Waals surface area contributed by atoms with E-state index in [0.29, 0.717) is 6.04 Å². The minimum absolute atomic E-state index is 0.218. The van der Waals surface area contributed by atoms with Crippen molar-refractivity contribution in [3.05, 3.63) is 58.4 Å². The standard InChI is InChI=1S/C21H25ClN4O/c1-15-12-21(25-10-3-2-4-19(25)9-11-27)26-20(23-15)14-18(24-26)13-16-5-7-17(22)8-6-16/h5-8,12,14,19,27H,2-4,9-11,13H2,1H3. The molecule has 142 valence electrons. The molecule has 0 aliphatic carbocycles. The smallest absolute Gasteiger partial charge is 0.157 e. The Hall–Kier alpha value is -2.11. The van der Waals surface area contributed by atoms with Crippen molar-refractivity contribution >= 4 is 23.1 Å². The Balaban J connectivity index is 1.70. The molecule has 4 rings (SSSR count). The maximum atomic E-state index is 9.47. The Kier molecular flexibility index (Phi) is 5.32. The van der Waals surface area contributed by atoms with Crippen LogP contribution in [0.5, 0.6) is 0 Å². The van der Waals surface area contributed by atoms with Gasteiger partial charge in [0.25, 0.3) is 0 Å². The van der Waals surface area contributed by atoms with Crippen molar-refractivity contribution < 1.29 is 5.11 Å². The van der Waals surface area contributed by atoms with Crippen LogP contribution in [0.1, 0.15) is 42.6 Å². The largest absolute Gasteiger partial charge is 0.396 e. The van der Waals surface area contributed by atoms with Crippen molar-refractivity contribution in [2.75, 3.05) is 18.1 Å². The number of nitrogens with zero attached hydrogens (tertiary/aromatic N) is 4. The topological polar surface area (TPSA) is 53.7 Å². The summed E-state index contributed by atoms with van der Waals surface area (Å²) in [7, 11) is 0. The lowest BCUT2D eigenvalue weighted by atomic mass is 9.99. The Morgan fingerprint density at radius 3 is 2.78 bits per heavy atom. The van der Waals surface area contributed by atoms with Gasteiger partial charge in [-0.25, -0.2) is 4.98 Å². The van der Waals surface area contributed by atoms with Crippen LogP contribution in [0.3, 0.4) is 0 Å². The zero-order valence-electron chi connectivity index (χ0n) is 15.6.